The zero-order valence-electron chi connectivity index (χ0n) is 17.5. The predicted molar refractivity (Wildman–Crippen MR) is 117 cm³/mol. The van der Waals surface area contributed by atoms with Crippen molar-refractivity contribution in [2.45, 2.75) is 52.0 Å². The van der Waals surface area contributed by atoms with Crippen molar-refractivity contribution in [1.82, 2.24) is 29.3 Å². The highest BCUT2D eigenvalue weighted by atomic mass is 35.5. The molecule has 4 rings (SSSR count). The van der Waals surface area contributed by atoms with Crippen molar-refractivity contribution in [2.75, 3.05) is 13.1 Å². The largest absolute Gasteiger partial charge is 0.338 e. The first-order valence-corrected chi connectivity index (χ1v) is 11.0. The number of nitrogens with zero attached hydrogens (tertiary/aromatic N) is 6. The fourth-order valence-corrected chi connectivity index (χ4v) is 4.32. The average molecular weight is 427 g/mol. The molecule has 3 aromatic rings. The summed E-state index contributed by atoms with van der Waals surface area (Å²) in [6, 6.07) is 5.87. The molecule has 0 spiro atoms. The van der Waals surface area contributed by atoms with Gasteiger partial charge in [0.25, 0.3) is 0 Å². The molecule has 1 aliphatic heterocycles. The number of aromatic nitrogens is 5. The number of pyridine rings is 1. The van der Waals surface area contributed by atoms with Crippen LogP contribution in [0.15, 0.2) is 30.5 Å². The molecule has 8 heteroatoms. The van der Waals surface area contributed by atoms with E-state index in [9.17, 15) is 4.79 Å². The lowest BCUT2D eigenvalue weighted by molar-refractivity contribution is -0.127. The molecule has 0 saturated carbocycles. The Morgan fingerprint density at radius 1 is 1.33 bits per heavy atom. The van der Waals surface area contributed by atoms with Crippen LogP contribution in [-0.2, 0) is 11.3 Å². The molecule has 158 valence electrons. The molecule has 4 heterocycles. The standard InChI is InChI=1S/C22H27ClN6O/c1-3-4-14-29-21(23)18(16(2)26-29)10-11-20(30)27-12-7-8-17(15-27)22-25-24-19-9-5-6-13-28(19)22/h5-6,9-11,13,17H,3-4,7-8,12,14-15H2,1-2H3/b11-10+. The van der Waals surface area contributed by atoms with Crippen molar-refractivity contribution < 1.29 is 4.79 Å². The summed E-state index contributed by atoms with van der Waals surface area (Å²) < 4.78 is 3.83. The Bertz CT molecular complexity index is 1070. The van der Waals surface area contributed by atoms with Crippen molar-refractivity contribution in [2.24, 2.45) is 0 Å². The smallest absolute Gasteiger partial charge is 0.246 e. The number of unbranched alkanes of at least 4 members (excludes halogenated alkanes) is 1. The Labute approximate surface area is 181 Å². The summed E-state index contributed by atoms with van der Waals surface area (Å²) in [6.45, 7) is 6.24. The minimum Gasteiger partial charge on any atom is -0.338 e. The van der Waals surface area contributed by atoms with Crippen LogP contribution in [0.1, 0.15) is 55.6 Å². The minimum atomic E-state index is -0.00899. The van der Waals surface area contributed by atoms with E-state index in [0.29, 0.717) is 11.7 Å². The summed E-state index contributed by atoms with van der Waals surface area (Å²) in [7, 11) is 0. The van der Waals surface area contributed by atoms with Gasteiger partial charge in [-0.05, 0) is 44.4 Å². The zero-order valence-corrected chi connectivity index (χ0v) is 18.2. The van der Waals surface area contributed by atoms with Gasteiger partial charge in [0.2, 0.25) is 5.91 Å². The van der Waals surface area contributed by atoms with Crippen LogP contribution in [0.25, 0.3) is 11.7 Å². The molecular weight excluding hydrogens is 400 g/mol. The number of aryl methyl sites for hydroxylation is 2. The third kappa shape index (κ3) is 4.12. The minimum absolute atomic E-state index is 0.00899. The van der Waals surface area contributed by atoms with Crippen molar-refractivity contribution >= 4 is 29.2 Å². The van der Waals surface area contributed by atoms with E-state index in [4.69, 9.17) is 11.6 Å². The molecule has 0 radical (unpaired) electrons. The van der Waals surface area contributed by atoms with Crippen LogP contribution in [0.5, 0.6) is 0 Å². The number of fused-ring (bicyclic) bond motifs is 1. The molecule has 1 fully saturated rings. The van der Waals surface area contributed by atoms with Gasteiger partial charge in [0.15, 0.2) is 5.65 Å². The number of carbonyl (C=O) groups is 1. The van der Waals surface area contributed by atoms with E-state index in [2.05, 4.69) is 22.2 Å². The maximum Gasteiger partial charge on any atom is 0.246 e. The summed E-state index contributed by atoms with van der Waals surface area (Å²) in [5.41, 5.74) is 2.49. The van der Waals surface area contributed by atoms with Gasteiger partial charge in [-0.15, -0.1) is 10.2 Å². The normalized spacial score (nSPS) is 17.3. The molecule has 3 aromatic heterocycles. The van der Waals surface area contributed by atoms with Crippen molar-refractivity contribution in [3.05, 3.63) is 52.7 Å². The monoisotopic (exact) mass is 426 g/mol. The van der Waals surface area contributed by atoms with Crippen LogP contribution in [-0.4, -0.2) is 48.3 Å². The Balaban J connectivity index is 1.47. The number of amides is 1. The SMILES string of the molecule is CCCCn1nc(C)c(/C=C/C(=O)N2CCCC(c3nnc4ccccn34)C2)c1Cl. The van der Waals surface area contributed by atoms with Gasteiger partial charge < -0.3 is 4.90 Å². The zero-order chi connectivity index (χ0) is 21.1. The Morgan fingerprint density at radius 3 is 3.03 bits per heavy atom. The van der Waals surface area contributed by atoms with Crippen LogP contribution < -0.4 is 0 Å². The van der Waals surface area contributed by atoms with E-state index in [1.165, 1.54) is 0 Å². The van der Waals surface area contributed by atoms with Gasteiger partial charge in [-0.25, -0.2) is 0 Å². The molecule has 0 aromatic carbocycles. The highest BCUT2D eigenvalue weighted by Gasteiger charge is 2.27. The molecule has 1 atom stereocenters. The number of likely N-dealkylation sites (tertiary alicyclic amines) is 1. The van der Waals surface area contributed by atoms with Crippen LogP contribution in [0.3, 0.4) is 0 Å². The first-order chi connectivity index (χ1) is 14.6. The van der Waals surface area contributed by atoms with E-state index < -0.39 is 0 Å². The fourth-order valence-electron chi connectivity index (χ4n) is 4.00. The van der Waals surface area contributed by atoms with Crippen LogP contribution >= 0.6 is 11.6 Å². The predicted octanol–water partition coefficient (Wildman–Crippen LogP) is 4.11. The van der Waals surface area contributed by atoms with E-state index in [1.54, 1.807) is 12.2 Å². The number of carbonyl (C=O) groups excluding carboxylic acids is 1. The Morgan fingerprint density at radius 2 is 2.20 bits per heavy atom. The van der Waals surface area contributed by atoms with Gasteiger partial charge in [0, 0.05) is 43.4 Å². The quantitative estimate of drug-likeness (QED) is 0.556. The second-order valence-electron chi connectivity index (χ2n) is 7.81. The maximum absolute atomic E-state index is 12.9. The van der Waals surface area contributed by atoms with Crippen LogP contribution in [0.2, 0.25) is 5.15 Å². The number of halogens is 1. The lowest BCUT2D eigenvalue weighted by Gasteiger charge is -2.31. The summed E-state index contributed by atoms with van der Waals surface area (Å²) >= 11 is 6.49. The van der Waals surface area contributed by atoms with Crippen LogP contribution in [0.4, 0.5) is 0 Å². The van der Waals surface area contributed by atoms with Crippen molar-refractivity contribution in [3.8, 4) is 0 Å². The Hall–Kier alpha value is -2.67. The van der Waals surface area contributed by atoms with E-state index in [1.807, 2.05) is 45.3 Å². The first kappa shape index (κ1) is 20.6. The van der Waals surface area contributed by atoms with Crippen molar-refractivity contribution in [1.29, 1.82) is 0 Å². The second-order valence-corrected chi connectivity index (χ2v) is 8.17. The summed E-state index contributed by atoms with van der Waals surface area (Å²) in [6.07, 6.45) is 9.44. The number of piperidine rings is 1. The molecule has 1 unspecified atom stereocenters. The molecule has 1 amide bonds. The van der Waals surface area contributed by atoms with E-state index >= 15 is 0 Å². The molecule has 30 heavy (non-hydrogen) atoms. The molecule has 1 saturated heterocycles. The third-order valence-electron chi connectivity index (χ3n) is 5.66. The lowest BCUT2D eigenvalue weighted by Crippen LogP contribution is -2.38. The molecule has 1 aliphatic rings. The molecule has 0 bridgehead atoms. The fraction of sp³-hybridized carbons (Fsp3) is 0.455. The van der Waals surface area contributed by atoms with Crippen LogP contribution in [0, 0.1) is 6.92 Å². The van der Waals surface area contributed by atoms with Gasteiger partial charge in [-0.3, -0.25) is 13.9 Å². The Kier molecular flexibility index (Phi) is 6.18. The molecule has 0 N–H and O–H groups in total. The second kappa shape index (κ2) is 9.00. The van der Waals surface area contributed by atoms with Gasteiger partial charge in [0.05, 0.1) is 5.69 Å². The van der Waals surface area contributed by atoms with E-state index in [0.717, 1.165) is 61.5 Å². The summed E-state index contributed by atoms with van der Waals surface area (Å²) in [5.74, 6) is 1.09. The first-order valence-electron chi connectivity index (χ1n) is 10.6. The number of hydrogen-bond donors (Lipinski definition) is 0. The molecular formula is C22H27ClN6O. The lowest BCUT2D eigenvalue weighted by atomic mass is 9.97. The highest BCUT2D eigenvalue weighted by molar-refractivity contribution is 6.31. The maximum atomic E-state index is 12.9. The highest BCUT2D eigenvalue weighted by Crippen LogP contribution is 2.27. The third-order valence-corrected chi connectivity index (χ3v) is 6.06. The van der Waals surface area contributed by atoms with Gasteiger partial charge in [0.1, 0.15) is 11.0 Å². The molecule has 0 aliphatic carbocycles. The summed E-state index contributed by atoms with van der Waals surface area (Å²) in [5, 5.41) is 13.7. The van der Waals surface area contributed by atoms with Crippen molar-refractivity contribution in [3.63, 3.8) is 0 Å². The van der Waals surface area contributed by atoms with Gasteiger partial charge in [-0.1, -0.05) is 31.0 Å². The van der Waals surface area contributed by atoms with Gasteiger partial charge >= 0.3 is 0 Å². The average Bonchev–Trinajstić information content (AvgIpc) is 3.31. The molecule has 7 nitrogen and oxygen atoms in total. The summed E-state index contributed by atoms with van der Waals surface area (Å²) in [4.78, 5) is 14.8. The van der Waals surface area contributed by atoms with Gasteiger partial charge in [-0.2, -0.15) is 5.10 Å². The number of hydrogen-bond acceptors (Lipinski definition) is 4. The number of rotatable bonds is 6. The topological polar surface area (TPSA) is 68.3 Å². The van der Waals surface area contributed by atoms with E-state index in [-0.39, 0.29) is 11.8 Å².